The van der Waals surface area contributed by atoms with Crippen molar-refractivity contribution >= 4 is 29.1 Å². The van der Waals surface area contributed by atoms with Crippen molar-refractivity contribution in [2.45, 2.75) is 26.7 Å². The Morgan fingerprint density at radius 1 is 0.972 bits per heavy atom. The van der Waals surface area contributed by atoms with Gasteiger partial charge in [-0.05, 0) is 67.3 Å². The minimum atomic E-state index is -0.377. The first kappa shape index (κ1) is 25.0. The summed E-state index contributed by atoms with van der Waals surface area (Å²) in [6.45, 7) is 4.71. The number of aryl methyl sites for hydroxylation is 1. The van der Waals surface area contributed by atoms with Gasteiger partial charge in [-0.25, -0.2) is 0 Å². The second-order valence-corrected chi connectivity index (χ2v) is 9.01. The molecule has 1 fully saturated rings. The summed E-state index contributed by atoms with van der Waals surface area (Å²) in [5.41, 5.74) is 4.75. The third-order valence-corrected chi connectivity index (χ3v) is 6.45. The molecule has 4 rings (SSSR count). The molecular formula is C29H31N3O4. The maximum absolute atomic E-state index is 12.6. The summed E-state index contributed by atoms with van der Waals surface area (Å²) in [5, 5.41) is 5.82. The highest BCUT2D eigenvalue weighted by atomic mass is 16.5. The van der Waals surface area contributed by atoms with Gasteiger partial charge < -0.3 is 20.3 Å². The fraction of sp³-hybridized carbons (Fsp3) is 0.276. The van der Waals surface area contributed by atoms with Gasteiger partial charge in [0.1, 0.15) is 5.75 Å². The van der Waals surface area contributed by atoms with Crippen LogP contribution in [0.2, 0.25) is 0 Å². The first-order valence-corrected chi connectivity index (χ1v) is 12.1. The molecule has 2 N–H and O–H groups in total. The Morgan fingerprint density at radius 3 is 2.47 bits per heavy atom. The molecule has 0 saturated carbocycles. The molecule has 3 amide bonds. The van der Waals surface area contributed by atoms with Crippen LogP contribution in [-0.4, -0.2) is 37.4 Å². The molecule has 36 heavy (non-hydrogen) atoms. The van der Waals surface area contributed by atoms with E-state index in [2.05, 4.69) is 10.6 Å². The first-order valence-electron chi connectivity index (χ1n) is 12.1. The van der Waals surface area contributed by atoms with Crippen LogP contribution in [0.15, 0.2) is 72.8 Å². The molecule has 0 unspecified atom stereocenters. The van der Waals surface area contributed by atoms with Gasteiger partial charge in [0, 0.05) is 30.9 Å². The van der Waals surface area contributed by atoms with E-state index < -0.39 is 0 Å². The van der Waals surface area contributed by atoms with Crippen molar-refractivity contribution in [3.05, 3.63) is 89.5 Å². The lowest BCUT2D eigenvalue weighted by molar-refractivity contribution is -0.126. The molecule has 0 radical (unpaired) electrons. The molecule has 1 saturated heterocycles. The average Bonchev–Trinajstić information content (AvgIpc) is 3.28. The van der Waals surface area contributed by atoms with Gasteiger partial charge in [-0.15, -0.1) is 0 Å². The second kappa shape index (κ2) is 11.5. The quantitative estimate of drug-likeness (QED) is 0.479. The number of nitrogens with zero attached hydrogens (tertiary/aromatic N) is 1. The molecular weight excluding hydrogens is 454 g/mol. The molecule has 3 aromatic rings. The molecule has 7 nitrogen and oxygen atoms in total. The summed E-state index contributed by atoms with van der Waals surface area (Å²) < 4.78 is 5.62. The van der Waals surface area contributed by atoms with Crippen LogP contribution in [0.1, 0.15) is 23.1 Å². The van der Waals surface area contributed by atoms with Crippen LogP contribution in [0.5, 0.6) is 5.75 Å². The van der Waals surface area contributed by atoms with Crippen molar-refractivity contribution in [3.63, 3.8) is 0 Å². The van der Waals surface area contributed by atoms with Crippen molar-refractivity contribution in [1.82, 2.24) is 5.32 Å². The maximum atomic E-state index is 12.6. The van der Waals surface area contributed by atoms with Gasteiger partial charge in [0.25, 0.3) is 5.91 Å². The van der Waals surface area contributed by atoms with Crippen molar-refractivity contribution in [3.8, 4) is 5.75 Å². The largest absolute Gasteiger partial charge is 0.484 e. The van der Waals surface area contributed by atoms with Gasteiger partial charge in [-0.1, -0.05) is 42.5 Å². The topological polar surface area (TPSA) is 87.7 Å². The van der Waals surface area contributed by atoms with Crippen molar-refractivity contribution < 1.29 is 19.1 Å². The lowest BCUT2D eigenvalue weighted by Gasteiger charge is -2.17. The zero-order chi connectivity index (χ0) is 25.5. The summed E-state index contributed by atoms with van der Waals surface area (Å²) in [6.07, 6.45) is 0.939. The van der Waals surface area contributed by atoms with Gasteiger partial charge in [-0.2, -0.15) is 0 Å². The normalized spacial score (nSPS) is 15.0. The standard InChI is InChI=1S/C29H31N3O4/c1-20-7-6-10-26(21(20)2)31-27(33)19-36-25-13-11-24(12-14-25)32-18-23(17-28(32)34)29(35)30-16-15-22-8-4-3-5-9-22/h3-14,23H,15-19H2,1-2H3,(H,30,35)(H,31,33)/t23-/m1/s1. The number of amides is 3. The number of rotatable bonds is 9. The van der Waals surface area contributed by atoms with Crippen molar-refractivity contribution in [2.24, 2.45) is 5.92 Å². The zero-order valence-corrected chi connectivity index (χ0v) is 20.6. The predicted molar refractivity (Wildman–Crippen MR) is 140 cm³/mol. The van der Waals surface area contributed by atoms with Gasteiger partial charge in [0.05, 0.1) is 5.92 Å². The van der Waals surface area contributed by atoms with E-state index in [0.29, 0.717) is 24.5 Å². The fourth-order valence-corrected chi connectivity index (χ4v) is 4.20. The molecule has 0 bridgehead atoms. The van der Waals surface area contributed by atoms with Gasteiger partial charge in [-0.3, -0.25) is 14.4 Å². The van der Waals surface area contributed by atoms with E-state index in [0.717, 1.165) is 28.8 Å². The number of anilines is 2. The van der Waals surface area contributed by atoms with E-state index >= 15 is 0 Å². The maximum Gasteiger partial charge on any atom is 0.262 e. The molecule has 3 aromatic carbocycles. The van der Waals surface area contributed by atoms with E-state index in [9.17, 15) is 14.4 Å². The number of benzene rings is 3. The van der Waals surface area contributed by atoms with Crippen LogP contribution in [-0.2, 0) is 20.8 Å². The number of carbonyl (C=O) groups is 3. The zero-order valence-electron chi connectivity index (χ0n) is 20.6. The monoisotopic (exact) mass is 485 g/mol. The Balaban J connectivity index is 1.25. The summed E-state index contributed by atoms with van der Waals surface area (Å²) >= 11 is 0. The molecule has 1 heterocycles. The van der Waals surface area contributed by atoms with E-state index in [4.69, 9.17) is 4.74 Å². The fourth-order valence-electron chi connectivity index (χ4n) is 4.20. The van der Waals surface area contributed by atoms with E-state index in [1.807, 2.05) is 62.4 Å². The smallest absolute Gasteiger partial charge is 0.262 e. The number of nitrogens with one attached hydrogen (secondary N) is 2. The van der Waals surface area contributed by atoms with E-state index in [1.54, 1.807) is 29.2 Å². The van der Waals surface area contributed by atoms with Gasteiger partial charge in [0.2, 0.25) is 11.8 Å². The Labute approximate surface area is 211 Å². The SMILES string of the molecule is Cc1cccc(NC(=O)COc2ccc(N3C[C@H](C(=O)NCCc4ccccc4)CC3=O)cc2)c1C. The summed E-state index contributed by atoms with van der Waals surface area (Å²) in [6, 6.07) is 22.7. The van der Waals surface area contributed by atoms with Crippen LogP contribution in [0.4, 0.5) is 11.4 Å². The average molecular weight is 486 g/mol. The van der Waals surface area contributed by atoms with Crippen LogP contribution < -0.4 is 20.3 Å². The number of hydrogen-bond acceptors (Lipinski definition) is 4. The summed E-state index contributed by atoms with van der Waals surface area (Å²) in [7, 11) is 0. The number of carbonyl (C=O) groups excluding carboxylic acids is 3. The van der Waals surface area contributed by atoms with Crippen LogP contribution in [0.25, 0.3) is 0 Å². The third-order valence-electron chi connectivity index (χ3n) is 6.45. The molecule has 7 heteroatoms. The van der Waals surface area contributed by atoms with Crippen molar-refractivity contribution in [2.75, 3.05) is 29.9 Å². The Bertz CT molecular complexity index is 1230. The first-order chi connectivity index (χ1) is 17.4. The minimum absolute atomic E-state index is 0.0835. The highest BCUT2D eigenvalue weighted by Crippen LogP contribution is 2.27. The lowest BCUT2D eigenvalue weighted by atomic mass is 10.1. The number of hydrogen-bond donors (Lipinski definition) is 2. The van der Waals surface area contributed by atoms with Crippen LogP contribution in [0.3, 0.4) is 0 Å². The highest BCUT2D eigenvalue weighted by Gasteiger charge is 2.34. The molecule has 1 atom stereocenters. The molecule has 1 aliphatic rings. The molecule has 0 aromatic heterocycles. The Kier molecular flexibility index (Phi) is 8.00. The predicted octanol–water partition coefficient (Wildman–Crippen LogP) is 4.03. The minimum Gasteiger partial charge on any atom is -0.484 e. The third kappa shape index (κ3) is 6.30. The Hall–Kier alpha value is -4.13. The molecule has 0 spiro atoms. The number of ether oxygens (including phenoxy) is 1. The van der Waals surface area contributed by atoms with Crippen LogP contribution >= 0.6 is 0 Å². The highest BCUT2D eigenvalue weighted by molar-refractivity contribution is 6.00. The summed E-state index contributed by atoms with van der Waals surface area (Å²) in [4.78, 5) is 39.1. The van der Waals surface area contributed by atoms with Crippen molar-refractivity contribution in [1.29, 1.82) is 0 Å². The summed E-state index contributed by atoms with van der Waals surface area (Å²) in [5.74, 6) is -0.283. The molecule has 186 valence electrons. The Morgan fingerprint density at radius 2 is 1.72 bits per heavy atom. The van der Waals surface area contributed by atoms with E-state index in [1.165, 1.54) is 0 Å². The van der Waals surface area contributed by atoms with Crippen LogP contribution in [0, 0.1) is 19.8 Å². The van der Waals surface area contributed by atoms with Gasteiger partial charge >= 0.3 is 0 Å². The van der Waals surface area contributed by atoms with Gasteiger partial charge in [0.15, 0.2) is 6.61 Å². The van der Waals surface area contributed by atoms with E-state index in [-0.39, 0.29) is 36.7 Å². The lowest BCUT2D eigenvalue weighted by Crippen LogP contribution is -2.34. The second-order valence-electron chi connectivity index (χ2n) is 9.01. The molecule has 1 aliphatic heterocycles. The molecule has 0 aliphatic carbocycles.